The molecule has 1 atom stereocenters. The Labute approximate surface area is 146 Å². The largest absolute Gasteiger partial charge is 0.506 e. The second kappa shape index (κ2) is 8.60. The summed E-state index contributed by atoms with van der Waals surface area (Å²) in [5.41, 5.74) is 3.11. The quantitative estimate of drug-likeness (QED) is 0.578. The normalized spacial score (nSPS) is 11.4. The number of hydrogen-bond acceptors (Lipinski definition) is 4. The van der Waals surface area contributed by atoms with Gasteiger partial charge in [-0.3, -0.25) is 0 Å². The van der Waals surface area contributed by atoms with E-state index >= 15 is 0 Å². The molecule has 2 rings (SSSR count). The van der Waals surface area contributed by atoms with E-state index in [4.69, 9.17) is 10.4 Å². The monoisotopic (exact) mass is 339 g/mol. The predicted octanol–water partition coefficient (Wildman–Crippen LogP) is 3.46. The molecule has 1 amide bonds. The van der Waals surface area contributed by atoms with Crippen LogP contribution in [0.15, 0.2) is 42.5 Å². The van der Waals surface area contributed by atoms with Crippen molar-refractivity contribution in [3.8, 4) is 11.8 Å². The molecule has 0 aromatic heterocycles. The Bertz CT molecular complexity index is 784. The Morgan fingerprint density at radius 2 is 2.04 bits per heavy atom. The minimum absolute atomic E-state index is 0.146. The molecule has 0 fully saturated rings. The van der Waals surface area contributed by atoms with Gasteiger partial charge >= 0.3 is 6.09 Å². The van der Waals surface area contributed by atoms with E-state index in [0.29, 0.717) is 30.6 Å². The zero-order chi connectivity index (χ0) is 18.2. The van der Waals surface area contributed by atoms with Gasteiger partial charge in [0.25, 0.3) is 0 Å². The van der Waals surface area contributed by atoms with Gasteiger partial charge in [-0.05, 0) is 55.2 Å². The number of aryl methyl sites for hydroxylation is 1. The summed E-state index contributed by atoms with van der Waals surface area (Å²) in [6.07, 6.45) is 0.286. The fourth-order valence-electron chi connectivity index (χ4n) is 2.50. The number of rotatable bonds is 7. The van der Waals surface area contributed by atoms with Gasteiger partial charge in [-0.25, -0.2) is 4.79 Å². The molecule has 0 unspecified atom stereocenters. The fourth-order valence-corrected chi connectivity index (χ4v) is 2.50. The highest BCUT2D eigenvalue weighted by Gasteiger charge is 2.07. The number of phenolic OH excluding ortho intramolecular Hbond substituents is 1. The van der Waals surface area contributed by atoms with Crippen molar-refractivity contribution >= 4 is 11.8 Å². The summed E-state index contributed by atoms with van der Waals surface area (Å²) in [5, 5.41) is 33.3. The van der Waals surface area contributed by atoms with Crippen LogP contribution < -0.4 is 10.6 Å². The fraction of sp³-hybridized carbons (Fsp3) is 0.263. The van der Waals surface area contributed by atoms with E-state index < -0.39 is 6.09 Å². The van der Waals surface area contributed by atoms with E-state index in [1.54, 1.807) is 31.2 Å². The van der Waals surface area contributed by atoms with Gasteiger partial charge in [0, 0.05) is 12.6 Å². The SMILES string of the molecule is C[C@@H](CCc1ccc(NCc2cccc(C#N)c2)c(O)c1)NC(=O)O. The van der Waals surface area contributed by atoms with Gasteiger partial charge in [-0.2, -0.15) is 5.26 Å². The molecule has 0 saturated carbocycles. The molecule has 0 radical (unpaired) electrons. The summed E-state index contributed by atoms with van der Waals surface area (Å²) in [4.78, 5) is 10.6. The highest BCUT2D eigenvalue weighted by molar-refractivity contribution is 5.64. The van der Waals surface area contributed by atoms with E-state index in [0.717, 1.165) is 11.1 Å². The summed E-state index contributed by atoms with van der Waals surface area (Å²) in [7, 11) is 0. The molecule has 0 saturated heterocycles. The van der Waals surface area contributed by atoms with Gasteiger partial charge in [0.05, 0.1) is 17.3 Å². The molecule has 0 aliphatic carbocycles. The van der Waals surface area contributed by atoms with Crippen molar-refractivity contribution in [2.75, 3.05) is 5.32 Å². The van der Waals surface area contributed by atoms with Gasteiger partial charge < -0.3 is 20.8 Å². The molecule has 4 N–H and O–H groups in total. The first-order valence-electron chi connectivity index (χ1n) is 8.02. The summed E-state index contributed by atoms with van der Waals surface area (Å²) in [5.74, 6) is 0.146. The second-order valence-electron chi connectivity index (χ2n) is 5.91. The summed E-state index contributed by atoms with van der Waals surface area (Å²) in [6.45, 7) is 2.31. The maximum Gasteiger partial charge on any atom is 0.404 e. The molecule has 2 aromatic carbocycles. The Balaban J connectivity index is 1.92. The van der Waals surface area contributed by atoms with Crippen molar-refractivity contribution in [3.05, 3.63) is 59.2 Å². The number of benzene rings is 2. The molecule has 0 bridgehead atoms. The van der Waals surface area contributed by atoms with E-state index in [1.165, 1.54) is 0 Å². The van der Waals surface area contributed by atoms with E-state index in [2.05, 4.69) is 16.7 Å². The van der Waals surface area contributed by atoms with Crippen LogP contribution in [0, 0.1) is 11.3 Å². The van der Waals surface area contributed by atoms with E-state index in [9.17, 15) is 9.90 Å². The maximum atomic E-state index is 10.6. The Morgan fingerprint density at radius 3 is 2.72 bits per heavy atom. The molecule has 6 nitrogen and oxygen atoms in total. The molecular weight excluding hydrogens is 318 g/mol. The Hall–Kier alpha value is -3.20. The lowest BCUT2D eigenvalue weighted by molar-refractivity contribution is 0.190. The zero-order valence-electron chi connectivity index (χ0n) is 14.0. The average Bonchev–Trinajstić information content (AvgIpc) is 2.58. The molecule has 0 aliphatic heterocycles. The third-order valence-electron chi connectivity index (χ3n) is 3.84. The van der Waals surface area contributed by atoms with Crippen LogP contribution in [0.4, 0.5) is 10.5 Å². The highest BCUT2D eigenvalue weighted by atomic mass is 16.4. The standard InChI is InChI=1S/C19H21N3O3/c1-13(22-19(24)25)5-6-14-7-8-17(18(23)10-14)21-12-16-4-2-3-15(9-16)11-20/h2-4,7-10,13,21-23H,5-6,12H2,1H3,(H,24,25)/t13-/m0/s1. The molecule has 0 aliphatic rings. The van der Waals surface area contributed by atoms with Crippen LogP contribution in [0.3, 0.4) is 0 Å². The maximum absolute atomic E-state index is 10.6. The van der Waals surface area contributed by atoms with Crippen molar-refractivity contribution in [2.24, 2.45) is 0 Å². The number of nitriles is 1. The number of anilines is 1. The highest BCUT2D eigenvalue weighted by Crippen LogP contribution is 2.25. The lowest BCUT2D eigenvalue weighted by atomic mass is 10.1. The van der Waals surface area contributed by atoms with Crippen LogP contribution in [-0.4, -0.2) is 22.3 Å². The lowest BCUT2D eigenvalue weighted by Gasteiger charge is -2.13. The lowest BCUT2D eigenvalue weighted by Crippen LogP contribution is -2.31. The number of phenols is 1. The van der Waals surface area contributed by atoms with Crippen LogP contribution >= 0.6 is 0 Å². The van der Waals surface area contributed by atoms with E-state index in [1.807, 2.05) is 18.2 Å². The molecule has 6 heteroatoms. The molecule has 0 heterocycles. The van der Waals surface area contributed by atoms with Crippen molar-refractivity contribution in [1.29, 1.82) is 5.26 Å². The molecule has 2 aromatic rings. The summed E-state index contributed by atoms with van der Waals surface area (Å²) < 4.78 is 0. The van der Waals surface area contributed by atoms with Crippen LogP contribution in [0.5, 0.6) is 5.75 Å². The van der Waals surface area contributed by atoms with Gasteiger partial charge in [-0.15, -0.1) is 0 Å². The van der Waals surface area contributed by atoms with Gasteiger partial charge in [0.1, 0.15) is 5.75 Å². The number of carbonyl (C=O) groups is 1. The first-order chi connectivity index (χ1) is 12.0. The van der Waals surface area contributed by atoms with Crippen molar-refractivity contribution in [1.82, 2.24) is 5.32 Å². The number of nitrogens with one attached hydrogen (secondary N) is 2. The number of carboxylic acid groups (broad SMARTS) is 1. The molecule has 130 valence electrons. The smallest absolute Gasteiger partial charge is 0.404 e. The van der Waals surface area contributed by atoms with Gasteiger partial charge in [0.2, 0.25) is 0 Å². The van der Waals surface area contributed by atoms with Gasteiger partial charge in [0.15, 0.2) is 0 Å². The van der Waals surface area contributed by atoms with Crippen LogP contribution in [-0.2, 0) is 13.0 Å². The van der Waals surface area contributed by atoms with Crippen LogP contribution in [0.25, 0.3) is 0 Å². The second-order valence-corrected chi connectivity index (χ2v) is 5.91. The van der Waals surface area contributed by atoms with E-state index in [-0.39, 0.29) is 11.8 Å². The first-order valence-corrected chi connectivity index (χ1v) is 8.02. The number of aromatic hydroxyl groups is 1. The Kier molecular flexibility index (Phi) is 6.24. The van der Waals surface area contributed by atoms with Crippen LogP contribution in [0.1, 0.15) is 30.0 Å². The predicted molar refractivity (Wildman–Crippen MR) is 95.5 cm³/mol. The number of amides is 1. The van der Waals surface area contributed by atoms with Gasteiger partial charge in [-0.1, -0.05) is 18.2 Å². The average molecular weight is 339 g/mol. The third kappa shape index (κ3) is 5.74. The first kappa shape index (κ1) is 18.1. The minimum atomic E-state index is -1.03. The van der Waals surface area contributed by atoms with Crippen LogP contribution in [0.2, 0.25) is 0 Å². The van der Waals surface area contributed by atoms with Crippen molar-refractivity contribution < 1.29 is 15.0 Å². The zero-order valence-corrected chi connectivity index (χ0v) is 14.0. The molecular formula is C19H21N3O3. The minimum Gasteiger partial charge on any atom is -0.506 e. The molecule has 0 spiro atoms. The topological polar surface area (TPSA) is 105 Å². The van der Waals surface area contributed by atoms with Crippen molar-refractivity contribution in [3.63, 3.8) is 0 Å². The Morgan fingerprint density at radius 1 is 1.24 bits per heavy atom. The van der Waals surface area contributed by atoms with Crippen molar-refractivity contribution in [2.45, 2.75) is 32.4 Å². The number of hydrogen-bond donors (Lipinski definition) is 4. The molecule has 25 heavy (non-hydrogen) atoms. The summed E-state index contributed by atoms with van der Waals surface area (Å²) in [6, 6.07) is 14.6. The third-order valence-corrected chi connectivity index (χ3v) is 3.84. The number of nitrogens with zero attached hydrogens (tertiary/aromatic N) is 1. The summed E-state index contributed by atoms with van der Waals surface area (Å²) >= 11 is 0.